The highest BCUT2D eigenvalue weighted by Gasteiger charge is 2.20. The number of fused-ring (bicyclic) bond motifs is 1. The molecule has 8 heteroatoms. The average Bonchev–Trinajstić information content (AvgIpc) is 3.25. The Morgan fingerprint density at radius 1 is 1.13 bits per heavy atom. The molecule has 0 spiro atoms. The van der Waals surface area contributed by atoms with Crippen LogP contribution in [0, 0.1) is 0 Å². The molecule has 0 radical (unpaired) electrons. The number of hydrogen-bond acceptors (Lipinski definition) is 5. The zero-order valence-electron chi connectivity index (χ0n) is 18.3. The van der Waals surface area contributed by atoms with Gasteiger partial charge in [-0.15, -0.1) is 0 Å². The van der Waals surface area contributed by atoms with Gasteiger partial charge in [-0.25, -0.2) is 4.98 Å². The van der Waals surface area contributed by atoms with Crippen LogP contribution in [-0.4, -0.2) is 50.3 Å². The molecule has 1 aromatic carbocycles. The second-order valence-corrected chi connectivity index (χ2v) is 8.07. The van der Waals surface area contributed by atoms with E-state index in [1.54, 1.807) is 22.7 Å². The van der Waals surface area contributed by atoms with Gasteiger partial charge in [0.2, 0.25) is 5.91 Å². The normalized spacial score (nSPS) is 14.2. The van der Waals surface area contributed by atoms with Gasteiger partial charge in [0.05, 0.1) is 23.3 Å². The first-order chi connectivity index (χ1) is 15.1. The summed E-state index contributed by atoms with van der Waals surface area (Å²) in [5, 5.41) is 4.26. The van der Waals surface area contributed by atoms with Crippen molar-refractivity contribution in [2.45, 2.75) is 52.2 Å². The van der Waals surface area contributed by atoms with Gasteiger partial charge >= 0.3 is 0 Å². The van der Waals surface area contributed by atoms with Crippen molar-refractivity contribution in [3.05, 3.63) is 52.6 Å². The summed E-state index contributed by atoms with van der Waals surface area (Å²) in [5.41, 5.74) is 2.44. The van der Waals surface area contributed by atoms with Gasteiger partial charge in [0.1, 0.15) is 0 Å². The monoisotopic (exact) mass is 422 g/mol. The van der Waals surface area contributed by atoms with E-state index in [-0.39, 0.29) is 17.9 Å². The molecule has 0 unspecified atom stereocenters. The minimum Gasteiger partial charge on any atom is -0.352 e. The molecule has 164 valence electrons. The minimum atomic E-state index is -0.111. The van der Waals surface area contributed by atoms with Gasteiger partial charge in [-0.2, -0.15) is 5.10 Å². The zero-order valence-corrected chi connectivity index (χ0v) is 18.3. The number of anilines is 1. The fourth-order valence-electron chi connectivity index (χ4n) is 4.22. The Balaban J connectivity index is 1.55. The topological polar surface area (TPSA) is 76.3 Å². The number of hydrogen-bond donors (Lipinski definition) is 0. The van der Waals surface area contributed by atoms with Crippen molar-refractivity contribution in [1.29, 1.82) is 0 Å². The molecule has 3 heterocycles. The van der Waals surface area contributed by atoms with Crippen molar-refractivity contribution >= 4 is 22.8 Å². The van der Waals surface area contributed by atoms with Crippen LogP contribution in [-0.2, 0) is 24.4 Å². The van der Waals surface area contributed by atoms with Crippen LogP contribution in [0.1, 0.15) is 38.3 Å². The Bertz CT molecular complexity index is 1110. The number of carbonyl (C=O) groups is 1. The summed E-state index contributed by atoms with van der Waals surface area (Å²) in [4.78, 5) is 34.6. The second kappa shape index (κ2) is 9.32. The Hall–Kier alpha value is -3.16. The molecular weight excluding hydrogens is 392 g/mol. The number of benzene rings is 1. The van der Waals surface area contributed by atoms with Gasteiger partial charge in [0.25, 0.3) is 5.56 Å². The van der Waals surface area contributed by atoms with Gasteiger partial charge in [-0.1, -0.05) is 12.1 Å². The van der Waals surface area contributed by atoms with Crippen LogP contribution in [0.15, 0.2) is 41.3 Å². The maximum Gasteiger partial charge on any atom is 0.294 e. The highest BCUT2D eigenvalue weighted by Crippen LogP contribution is 2.18. The first-order valence-electron chi connectivity index (χ1n) is 11.1. The van der Waals surface area contributed by atoms with E-state index in [4.69, 9.17) is 0 Å². The van der Waals surface area contributed by atoms with Gasteiger partial charge in [-0.3, -0.25) is 14.3 Å². The molecule has 0 aliphatic carbocycles. The van der Waals surface area contributed by atoms with E-state index in [1.807, 2.05) is 41.9 Å². The summed E-state index contributed by atoms with van der Waals surface area (Å²) in [6, 6.07) is 9.59. The SMILES string of the molecule is CCn1nccc1CN(C)C(=O)CCn1c(=O)c(N2CCCCC2)nc2ccccc21. The number of carbonyl (C=O) groups excluding carboxylic acids is 1. The number of aryl methyl sites for hydroxylation is 2. The van der Waals surface area contributed by atoms with Crippen LogP contribution in [0.5, 0.6) is 0 Å². The largest absolute Gasteiger partial charge is 0.352 e. The summed E-state index contributed by atoms with van der Waals surface area (Å²) >= 11 is 0. The molecule has 1 aliphatic heterocycles. The third-order valence-electron chi connectivity index (χ3n) is 5.97. The molecular formula is C23H30N6O2. The van der Waals surface area contributed by atoms with Crippen LogP contribution in [0.3, 0.4) is 0 Å². The van der Waals surface area contributed by atoms with Crippen LogP contribution in [0.4, 0.5) is 5.82 Å². The lowest BCUT2D eigenvalue weighted by Crippen LogP contribution is -2.37. The molecule has 1 amide bonds. The molecule has 0 bridgehead atoms. The number of rotatable bonds is 7. The molecule has 4 rings (SSSR count). The van der Waals surface area contributed by atoms with E-state index in [0.717, 1.165) is 49.2 Å². The second-order valence-electron chi connectivity index (χ2n) is 8.07. The summed E-state index contributed by atoms with van der Waals surface area (Å²) in [6.45, 7) is 5.33. The summed E-state index contributed by atoms with van der Waals surface area (Å²) in [6.07, 6.45) is 5.35. The average molecular weight is 423 g/mol. The van der Waals surface area contributed by atoms with Crippen LogP contribution >= 0.6 is 0 Å². The van der Waals surface area contributed by atoms with Gasteiger partial charge in [-0.05, 0) is 44.4 Å². The lowest BCUT2D eigenvalue weighted by atomic mass is 10.1. The van der Waals surface area contributed by atoms with E-state index in [1.165, 1.54) is 6.42 Å². The predicted molar refractivity (Wildman–Crippen MR) is 121 cm³/mol. The lowest BCUT2D eigenvalue weighted by molar-refractivity contribution is -0.130. The Kier molecular flexibility index (Phi) is 6.34. The van der Waals surface area contributed by atoms with Crippen molar-refractivity contribution in [3.63, 3.8) is 0 Å². The molecule has 2 aromatic heterocycles. The smallest absolute Gasteiger partial charge is 0.294 e. The molecule has 3 aromatic rings. The van der Waals surface area contributed by atoms with E-state index >= 15 is 0 Å². The molecule has 1 fully saturated rings. The van der Waals surface area contributed by atoms with Gasteiger partial charge in [0, 0.05) is 45.8 Å². The van der Waals surface area contributed by atoms with Crippen molar-refractivity contribution in [2.24, 2.45) is 0 Å². The zero-order chi connectivity index (χ0) is 21.8. The maximum absolute atomic E-state index is 13.3. The Morgan fingerprint density at radius 2 is 1.90 bits per heavy atom. The lowest BCUT2D eigenvalue weighted by Gasteiger charge is -2.28. The van der Waals surface area contributed by atoms with Gasteiger partial charge in [0.15, 0.2) is 5.82 Å². The van der Waals surface area contributed by atoms with Crippen molar-refractivity contribution in [2.75, 3.05) is 25.0 Å². The Morgan fingerprint density at radius 3 is 2.68 bits per heavy atom. The van der Waals surface area contributed by atoms with E-state index in [9.17, 15) is 9.59 Å². The Labute approximate surface area is 182 Å². The summed E-state index contributed by atoms with van der Waals surface area (Å²) in [5.74, 6) is 0.502. The number of amides is 1. The first kappa shape index (κ1) is 21.1. The number of para-hydroxylation sites is 2. The van der Waals surface area contributed by atoms with Crippen LogP contribution in [0.2, 0.25) is 0 Å². The van der Waals surface area contributed by atoms with Crippen molar-refractivity contribution < 1.29 is 4.79 Å². The standard InChI is InChI=1S/C23H30N6O2/c1-3-29-18(11-13-24-29)17-26(2)21(30)12-16-28-20-10-6-5-9-19(20)25-22(23(28)31)27-14-7-4-8-15-27/h5-6,9-11,13H,3-4,7-8,12,14-17H2,1-2H3. The minimum absolute atomic E-state index is 0.00355. The number of piperidine rings is 1. The molecule has 1 saturated heterocycles. The quantitative estimate of drug-likeness (QED) is 0.585. The fourth-order valence-corrected chi connectivity index (χ4v) is 4.22. The van der Waals surface area contributed by atoms with Gasteiger partial charge < -0.3 is 14.4 Å². The van der Waals surface area contributed by atoms with E-state index < -0.39 is 0 Å². The predicted octanol–water partition coefficient (Wildman–Crippen LogP) is 2.65. The van der Waals surface area contributed by atoms with Crippen LogP contribution < -0.4 is 10.5 Å². The fraction of sp³-hybridized carbons (Fsp3) is 0.478. The van der Waals surface area contributed by atoms with E-state index in [0.29, 0.717) is 18.9 Å². The summed E-state index contributed by atoms with van der Waals surface area (Å²) < 4.78 is 3.60. The highest BCUT2D eigenvalue weighted by atomic mass is 16.2. The molecule has 0 saturated carbocycles. The highest BCUT2D eigenvalue weighted by molar-refractivity contribution is 5.78. The number of aromatic nitrogens is 4. The molecule has 0 atom stereocenters. The van der Waals surface area contributed by atoms with Crippen molar-refractivity contribution in [1.82, 2.24) is 24.2 Å². The molecule has 8 nitrogen and oxygen atoms in total. The van der Waals surface area contributed by atoms with E-state index in [2.05, 4.69) is 15.0 Å². The summed E-state index contributed by atoms with van der Waals surface area (Å²) in [7, 11) is 1.79. The number of nitrogens with zero attached hydrogens (tertiary/aromatic N) is 6. The maximum atomic E-state index is 13.3. The molecule has 1 aliphatic rings. The van der Waals surface area contributed by atoms with Crippen molar-refractivity contribution in [3.8, 4) is 0 Å². The third-order valence-corrected chi connectivity index (χ3v) is 5.97. The first-order valence-corrected chi connectivity index (χ1v) is 11.1. The third kappa shape index (κ3) is 4.47. The molecule has 31 heavy (non-hydrogen) atoms. The molecule has 0 N–H and O–H groups in total. The van der Waals surface area contributed by atoms with Crippen LogP contribution in [0.25, 0.3) is 11.0 Å².